The number of nitrogens with zero attached hydrogens (tertiary/aromatic N) is 6. The molecule has 0 bridgehead atoms. The van der Waals surface area contributed by atoms with Crippen molar-refractivity contribution in [1.29, 1.82) is 0 Å². The molecular weight excluding hydrogens is 544 g/mol. The van der Waals surface area contributed by atoms with E-state index < -0.39 is 18.3 Å². The van der Waals surface area contributed by atoms with Gasteiger partial charge >= 0.3 is 6.09 Å². The molecule has 1 aromatic carbocycles. The number of benzene rings is 1. The Bertz CT molecular complexity index is 1410. The Hall–Kier alpha value is -4.16. The molecule has 12 heteroatoms. The molecule has 41 heavy (non-hydrogen) atoms. The van der Waals surface area contributed by atoms with Crippen LogP contribution in [0.15, 0.2) is 77.6 Å². The normalized spacial score (nSPS) is 25.7. The van der Waals surface area contributed by atoms with E-state index in [1.807, 2.05) is 29.8 Å². The van der Waals surface area contributed by atoms with Crippen molar-refractivity contribution < 1.29 is 24.2 Å². The van der Waals surface area contributed by atoms with Gasteiger partial charge < -0.3 is 19.6 Å². The summed E-state index contributed by atoms with van der Waals surface area (Å²) in [5.41, 5.74) is 4.52. The number of rotatable bonds is 6. The number of piperazine rings is 1. The van der Waals surface area contributed by atoms with Crippen LogP contribution in [-0.2, 0) is 27.3 Å². The number of fused-ring (bicyclic) bond motifs is 2. The molecule has 1 aliphatic carbocycles. The van der Waals surface area contributed by atoms with Crippen molar-refractivity contribution in [3.05, 3.63) is 83.7 Å². The third-order valence-corrected chi connectivity index (χ3v) is 8.76. The number of thioether (sulfide) groups is 1. The average molecular weight is 575 g/mol. The molecule has 4 unspecified atom stereocenters. The second-order valence-electron chi connectivity index (χ2n) is 10.3. The van der Waals surface area contributed by atoms with Crippen LogP contribution in [0.3, 0.4) is 0 Å². The Kier molecular flexibility index (Phi) is 7.50. The first kappa shape index (κ1) is 27.0. The predicted octanol–water partition coefficient (Wildman–Crippen LogP) is 2.20. The molecule has 2 fully saturated rings. The van der Waals surface area contributed by atoms with Crippen LogP contribution in [0.25, 0.3) is 0 Å². The molecule has 4 heterocycles. The molecule has 1 aromatic heterocycles. The molecule has 3 amide bonds. The summed E-state index contributed by atoms with van der Waals surface area (Å²) in [6, 6.07) is 9.35. The largest absolute Gasteiger partial charge is 0.508 e. The summed E-state index contributed by atoms with van der Waals surface area (Å²) in [7, 11) is 1.31. The minimum absolute atomic E-state index is 0.0562. The monoisotopic (exact) mass is 574 g/mol. The van der Waals surface area contributed by atoms with Gasteiger partial charge in [0.25, 0.3) is 0 Å². The zero-order valence-electron chi connectivity index (χ0n) is 22.4. The van der Waals surface area contributed by atoms with Crippen LogP contribution in [0, 0.1) is 0 Å². The number of phenolic OH excluding ortho intramolecular Hbond substituents is 1. The number of carbonyl (C=O) groups excluding carboxylic acids is 3. The van der Waals surface area contributed by atoms with Gasteiger partial charge in [0.15, 0.2) is 0 Å². The third kappa shape index (κ3) is 5.32. The number of ether oxygens (including phenoxy) is 1. The Morgan fingerprint density at radius 2 is 1.88 bits per heavy atom. The summed E-state index contributed by atoms with van der Waals surface area (Å²) in [5.74, 6) is -0.336. The summed E-state index contributed by atoms with van der Waals surface area (Å²) in [6.07, 6.45) is 8.26. The maximum atomic E-state index is 14.1. The van der Waals surface area contributed by atoms with Gasteiger partial charge in [0.05, 0.1) is 37.0 Å². The number of aromatic hydroxyl groups is 1. The lowest BCUT2D eigenvalue weighted by atomic mass is 9.95. The first-order valence-corrected chi connectivity index (χ1v) is 14.3. The molecule has 0 saturated carbocycles. The quantitative estimate of drug-likeness (QED) is 0.558. The maximum absolute atomic E-state index is 14.1. The molecule has 4 aliphatic rings. The number of carbonyl (C=O) groups is 3. The van der Waals surface area contributed by atoms with E-state index in [1.54, 1.807) is 58.3 Å². The topological polar surface area (TPSA) is 119 Å². The summed E-state index contributed by atoms with van der Waals surface area (Å²) in [5, 5.41) is 13.1. The fraction of sp³-hybridized carbons (Fsp3) is 0.345. The molecule has 11 nitrogen and oxygen atoms in total. The second-order valence-corrected chi connectivity index (χ2v) is 11.3. The maximum Gasteiger partial charge on any atom is 0.426 e. The summed E-state index contributed by atoms with van der Waals surface area (Å²) < 4.78 is 5.20. The number of aliphatic imine (C=N–C) groups is 1. The van der Waals surface area contributed by atoms with Crippen LogP contribution >= 0.6 is 11.8 Å². The highest BCUT2D eigenvalue weighted by Gasteiger charge is 2.52. The van der Waals surface area contributed by atoms with Crippen molar-refractivity contribution in [2.45, 2.75) is 36.5 Å². The van der Waals surface area contributed by atoms with Gasteiger partial charge in [-0.25, -0.2) is 9.80 Å². The number of phenols is 1. The summed E-state index contributed by atoms with van der Waals surface area (Å²) in [6.45, 7) is 0.634. The van der Waals surface area contributed by atoms with Crippen LogP contribution in [-0.4, -0.2) is 104 Å². The van der Waals surface area contributed by atoms with E-state index >= 15 is 0 Å². The van der Waals surface area contributed by atoms with Gasteiger partial charge in [-0.3, -0.25) is 19.6 Å². The van der Waals surface area contributed by atoms with Gasteiger partial charge in [0.2, 0.25) is 11.8 Å². The van der Waals surface area contributed by atoms with Gasteiger partial charge in [-0.15, -0.1) is 11.8 Å². The average Bonchev–Trinajstić information content (AvgIpc) is 3.47. The number of hydrogen-bond acceptors (Lipinski definition) is 9. The van der Waals surface area contributed by atoms with Crippen molar-refractivity contribution in [2.24, 2.45) is 4.99 Å². The number of methoxy groups -OCH3 is 1. The number of hydrazine groups is 1. The first-order valence-electron chi connectivity index (χ1n) is 13.4. The van der Waals surface area contributed by atoms with Gasteiger partial charge in [-0.1, -0.05) is 30.4 Å². The molecule has 2 aromatic rings. The van der Waals surface area contributed by atoms with Crippen LogP contribution in [0.2, 0.25) is 0 Å². The van der Waals surface area contributed by atoms with Crippen LogP contribution < -0.4 is 0 Å². The van der Waals surface area contributed by atoms with Crippen LogP contribution in [0.5, 0.6) is 5.75 Å². The fourth-order valence-corrected chi connectivity index (χ4v) is 6.75. The van der Waals surface area contributed by atoms with E-state index in [4.69, 9.17) is 4.74 Å². The summed E-state index contributed by atoms with van der Waals surface area (Å²) >= 11 is 1.65. The van der Waals surface area contributed by atoms with Crippen molar-refractivity contribution in [3.63, 3.8) is 0 Å². The standard InChI is InChI=1S/C29H30N6O5S/c1-40-29(39)35-25-16-32(15-21-3-2-4-24-27(21)31-18-41-24)28(38)23(13-19-5-7-22(36)8-6-19)34(25)26(37)17-33(35)14-20-9-11-30-12-10-20/h2-12,18,23-25,27,36H,13-17H2,1H3. The Balaban J connectivity index is 1.36. The minimum atomic E-state index is -0.849. The molecule has 1 N–H and O–H groups in total. The Morgan fingerprint density at radius 3 is 2.63 bits per heavy atom. The molecule has 4 atom stereocenters. The SMILES string of the molecule is COC(=O)N1C2CN(CC3=CC=CC4SC=NC34)C(=O)C(Cc3ccc(O)cc3)N2C(=O)CN1Cc1ccncc1. The highest BCUT2D eigenvalue weighted by atomic mass is 32.2. The smallest absolute Gasteiger partial charge is 0.426 e. The predicted molar refractivity (Wildman–Crippen MR) is 153 cm³/mol. The number of allylic oxidation sites excluding steroid dienone is 2. The van der Waals surface area contributed by atoms with E-state index in [-0.39, 0.29) is 54.9 Å². The Labute approximate surface area is 241 Å². The van der Waals surface area contributed by atoms with Crippen molar-refractivity contribution in [3.8, 4) is 5.75 Å². The van der Waals surface area contributed by atoms with Crippen LogP contribution in [0.1, 0.15) is 11.1 Å². The number of pyridine rings is 1. The van der Waals surface area contributed by atoms with Crippen molar-refractivity contribution >= 4 is 35.2 Å². The Morgan fingerprint density at radius 1 is 1.10 bits per heavy atom. The van der Waals surface area contributed by atoms with Crippen molar-refractivity contribution in [1.82, 2.24) is 24.8 Å². The molecule has 6 rings (SSSR count). The number of aromatic nitrogens is 1. The molecule has 3 aliphatic heterocycles. The molecule has 0 radical (unpaired) electrons. The van der Waals surface area contributed by atoms with E-state index in [0.717, 1.165) is 16.7 Å². The fourth-order valence-electron chi connectivity index (χ4n) is 5.84. The minimum Gasteiger partial charge on any atom is -0.508 e. The first-order chi connectivity index (χ1) is 19.9. The molecular formula is C29H30N6O5S. The third-order valence-electron chi connectivity index (χ3n) is 7.79. The second kappa shape index (κ2) is 11.4. The number of amides is 3. The molecule has 212 valence electrons. The molecule has 2 saturated heterocycles. The highest BCUT2D eigenvalue weighted by molar-refractivity contribution is 8.13. The highest BCUT2D eigenvalue weighted by Crippen LogP contribution is 2.34. The van der Waals surface area contributed by atoms with E-state index in [9.17, 15) is 19.5 Å². The van der Waals surface area contributed by atoms with Crippen molar-refractivity contribution in [2.75, 3.05) is 26.7 Å². The summed E-state index contributed by atoms with van der Waals surface area (Å²) in [4.78, 5) is 53.1. The van der Waals surface area contributed by atoms with Gasteiger partial charge in [-0.2, -0.15) is 5.01 Å². The van der Waals surface area contributed by atoms with Gasteiger partial charge in [0.1, 0.15) is 18.0 Å². The number of hydrogen-bond donors (Lipinski definition) is 1. The lowest BCUT2D eigenvalue weighted by molar-refractivity contribution is -0.195. The van der Waals surface area contributed by atoms with Crippen LogP contribution in [0.4, 0.5) is 4.79 Å². The lowest BCUT2D eigenvalue weighted by Gasteiger charge is -2.55. The van der Waals surface area contributed by atoms with E-state index in [2.05, 4.69) is 16.1 Å². The van der Waals surface area contributed by atoms with E-state index in [0.29, 0.717) is 6.54 Å². The zero-order chi connectivity index (χ0) is 28.5. The zero-order valence-corrected chi connectivity index (χ0v) is 23.3. The van der Waals surface area contributed by atoms with E-state index in [1.165, 1.54) is 17.0 Å². The van der Waals surface area contributed by atoms with Gasteiger partial charge in [-0.05, 0) is 41.0 Å². The molecule has 0 spiro atoms. The lowest BCUT2D eigenvalue weighted by Crippen LogP contribution is -2.76. The van der Waals surface area contributed by atoms with Gasteiger partial charge in [0, 0.05) is 31.9 Å².